The van der Waals surface area contributed by atoms with Crippen LogP contribution in [0.3, 0.4) is 0 Å². The van der Waals surface area contributed by atoms with E-state index in [0.717, 1.165) is 44.5 Å². The number of benzene rings is 1. The average Bonchev–Trinajstić information content (AvgIpc) is 3.05. The van der Waals surface area contributed by atoms with E-state index in [2.05, 4.69) is 24.4 Å². The van der Waals surface area contributed by atoms with Crippen molar-refractivity contribution < 1.29 is 14.3 Å². The van der Waals surface area contributed by atoms with Gasteiger partial charge in [-0.3, -0.25) is 4.79 Å². The summed E-state index contributed by atoms with van der Waals surface area (Å²) in [5.74, 6) is 0.956. The Morgan fingerprint density at radius 1 is 1.36 bits per heavy atom. The van der Waals surface area contributed by atoms with Crippen LogP contribution in [0.25, 0.3) is 0 Å². The molecule has 1 saturated heterocycles. The molecule has 1 unspecified atom stereocenters. The molecule has 0 aromatic heterocycles. The molecular formula is C18H27NO3. The molecule has 1 fully saturated rings. The summed E-state index contributed by atoms with van der Waals surface area (Å²) in [6.07, 6.45) is 5.85. The largest absolute Gasteiger partial charge is 0.494 e. The molecule has 0 radical (unpaired) electrons. The quantitative estimate of drug-likeness (QED) is 0.713. The molecule has 22 heavy (non-hydrogen) atoms. The molecule has 1 amide bonds. The fourth-order valence-electron chi connectivity index (χ4n) is 2.59. The van der Waals surface area contributed by atoms with E-state index in [1.807, 2.05) is 12.1 Å². The van der Waals surface area contributed by atoms with Crippen LogP contribution in [0.2, 0.25) is 0 Å². The zero-order chi connectivity index (χ0) is 15.6. The number of aryl methyl sites for hydroxylation is 1. The molecule has 4 heteroatoms. The predicted molar refractivity (Wildman–Crippen MR) is 87.1 cm³/mol. The SMILES string of the molecule is CCCc1ccc(OCCCC(=O)NCC2CCCO2)cc1. The maximum Gasteiger partial charge on any atom is 0.220 e. The molecule has 1 aliphatic heterocycles. The number of amides is 1. The lowest BCUT2D eigenvalue weighted by molar-refractivity contribution is -0.121. The van der Waals surface area contributed by atoms with Gasteiger partial charge in [0.05, 0.1) is 12.7 Å². The molecule has 122 valence electrons. The highest BCUT2D eigenvalue weighted by molar-refractivity contribution is 5.75. The average molecular weight is 305 g/mol. The van der Waals surface area contributed by atoms with E-state index in [-0.39, 0.29) is 12.0 Å². The van der Waals surface area contributed by atoms with Crippen LogP contribution >= 0.6 is 0 Å². The van der Waals surface area contributed by atoms with Crippen molar-refractivity contribution in [1.82, 2.24) is 5.32 Å². The van der Waals surface area contributed by atoms with Gasteiger partial charge in [0.2, 0.25) is 5.91 Å². The van der Waals surface area contributed by atoms with Crippen molar-refractivity contribution in [3.63, 3.8) is 0 Å². The molecular weight excluding hydrogens is 278 g/mol. The Kier molecular flexibility index (Phi) is 7.23. The van der Waals surface area contributed by atoms with Crippen LogP contribution < -0.4 is 10.1 Å². The van der Waals surface area contributed by atoms with Gasteiger partial charge < -0.3 is 14.8 Å². The third-order valence-electron chi connectivity index (χ3n) is 3.83. The normalized spacial score (nSPS) is 17.4. The Bertz CT molecular complexity index is 438. The smallest absolute Gasteiger partial charge is 0.220 e. The number of ether oxygens (including phenoxy) is 2. The van der Waals surface area contributed by atoms with Crippen molar-refractivity contribution in [2.75, 3.05) is 19.8 Å². The summed E-state index contributed by atoms with van der Waals surface area (Å²) in [5, 5.41) is 2.93. The lowest BCUT2D eigenvalue weighted by Crippen LogP contribution is -2.31. The molecule has 1 aromatic carbocycles. The van der Waals surface area contributed by atoms with Gasteiger partial charge in [-0.1, -0.05) is 25.5 Å². The Morgan fingerprint density at radius 2 is 2.18 bits per heavy atom. The summed E-state index contributed by atoms with van der Waals surface area (Å²) in [7, 11) is 0. The minimum atomic E-state index is 0.0809. The maximum absolute atomic E-state index is 11.7. The van der Waals surface area contributed by atoms with E-state index >= 15 is 0 Å². The van der Waals surface area contributed by atoms with Gasteiger partial charge in [-0.05, 0) is 43.4 Å². The van der Waals surface area contributed by atoms with E-state index in [0.29, 0.717) is 19.6 Å². The number of nitrogens with one attached hydrogen (secondary N) is 1. The summed E-state index contributed by atoms with van der Waals surface area (Å²) >= 11 is 0. The fourth-order valence-corrected chi connectivity index (χ4v) is 2.59. The Balaban J connectivity index is 1.55. The number of carbonyl (C=O) groups is 1. The van der Waals surface area contributed by atoms with Crippen LogP contribution in [0.5, 0.6) is 5.75 Å². The first-order valence-electron chi connectivity index (χ1n) is 8.38. The first-order valence-corrected chi connectivity index (χ1v) is 8.38. The molecule has 1 N–H and O–H groups in total. The fraction of sp³-hybridized carbons (Fsp3) is 0.611. The van der Waals surface area contributed by atoms with E-state index in [9.17, 15) is 4.79 Å². The third-order valence-corrected chi connectivity index (χ3v) is 3.83. The van der Waals surface area contributed by atoms with Gasteiger partial charge in [-0.15, -0.1) is 0 Å². The van der Waals surface area contributed by atoms with Crippen LogP contribution in [0.4, 0.5) is 0 Å². The number of carbonyl (C=O) groups excluding carboxylic acids is 1. The second-order valence-electron chi connectivity index (χ2n) is 5.79. The van der Waals surface area contributed by atoms with Crippen LogP contribution in [0, 0.1) is 0 Å². The summed E-state index contributed by atoms with van der Waals surface area (Å²) in [4.78, 5) is 11.7. The van der Waals surface area contributed by atoms with Crippen molar-refractivity contribution in [1.29, 1.82) is 0 Å². The maximum atomic E-state index is 11.7. The van der Waals surface area contributed by atoms with Crippen LogP contribution in [-0.2, 0) is 16.0 Å². The summed E-state index contributed by atoms with van der Waals surface area (Å²) in [5.41, 5.74) is 1.34. The van der Waals surface area contributed by atoms with Crippen molar-refractivity contribution in [2.45, 2.75) is 51.6 Å². The molecule has 0 saturated carbocycles. The zero-order valence-corrected chi connectivity index (χ0v) is 13.5. The van der Waals surface area contributed by atoms with Gasteiger partial charge >= 0.3 is 0 Å². The first kappa shape index (κ1) is 16.8. The van der Waals surface area contributed by atoms with Gasteiger partial charge in [0, 0.05) is 19.6 Å². The number of hydrogen-bond acceptors (Lipinski definition) is 3. The van der Waals surface area contributed by atoms with Crippen LogP contribution in [0.15, 0.2) is 24.3 Å². The summed E-state index contributed by atoms with van der Waals surface area (Å²) < 4.78 is 11.1. The van der Waals surface area contributed by atoms with E-state index in [4.69, 9.17) is 9.47 Å². The van der Waals surface area contributed by atoms with E-state index in [1.54, 1.807) is 0 Å². The van der Waals surface area contributed by atoms with Crippen LogP contribution in [0.1, 0.15) is 44.6 Å². The lowest BCUT2D eigenvalue weighted by Gasteiger charge is -2.11. The van der Waals surface area contributed by atoms with Crippen molar-refractivity contribution in [2.24, 2.45) is 0 Å². The molecule has 0 aliphatic carbocycles. The molecule has 2 rings (SSSR count). The molecule has 1 heterocycles. The summed E-state index contributed by atoms with van der Waals surface area (Å²) in [6.45, 7) is 4.21. The highest BCUT2D eigenvalue weighted by atomic mass is 16.5. The first-order chi connectivity index (χ1) is 10.8. The Labute approximate surface area is 133 Å². The standard InChI is InChI=1S/C18H27NO3/c1-2-5-15-8-10-16(11-9-15)21-13-4-7-18(20)19-14-17-6-3-12-22-17/h8-11,17H,2-7,12-14H2,1H3,(H,19,20). The zero-order valence-electron chi connectivity index (χ0n) is 13.5. The van der Waals surface area contributed by atoms with Gasteiger partial charge in [0.15, 0.2) is 0 Å². The Hall–Kier alpha value is -1.55. The second-order valence-corrected chi connectivity index (χ2v) is 5.79. The van der Waals surface area contributed by atoms with Crippen molar-refractivity contribution in [3.8, 4) is 5.75 Å². The Morgan fingerprint density at radius 3 is 2.86 bits per heavy atom. The third kappa shape index (κ3) is 6.06. The van der Waals surface area contributed by atoms with Crippen molar-refractivity contribution in [3.05, 3.63) is 29.8 Å². The molecule has 1 aliphatic rings. The highest BCUT2D eigenvalue weighted by Gasteiger charge is 2.15. The van der Waals surface area contributed by atoms with E-state index < -0.39 is 0 Å². The van der Waals surface area contributed by atoms with Crippen LogP contribution in [-0.4, -0.2) is 31.8 Å². The van der Waals surface area contributed by atoms with Gasteiger partial charge in [0.1, 0.15) is 5.75 Å². The van der Waals surface area contributed by atoms with Gasteiger partial charge in [-0.25, -0.2) is 0 Å². The van der Waals surface area contributed by atoms with E-state index in [1.165, 1.54) is 5.56 Å². The molecule has 1 aromatic rings. The summed E-state index contributed by atoms with van der Waals surface area (Å²) in [6, 6.07) is 8.21. The minimum absolute atomic E-state index is 0.0809. The molecule has 0 bridgehead atoms. The lowest BCUT2D eigenvalue weighted by atomic mass is 10.1. The number of rotatable bonds is 9. The molecule has 1 atom stereocenters. The predicted octanol–water partition coefficient (Wildman–Crippen LogP) is 3.09. The monoisotopic (exact) mass is 305 g/mol. The number of hydrogen-bond donors (Lipinski definition) is 1. The molecule has 0 spiro atoms. The van der Waals surface area contributed by atoms with Gasteiger partial charge in [-0.2, -0.15) is 0 Å². The van der Waals surface area contributed by atoms with Crippen molar-refractivity contribution >= 4 is 5.91 Å². The second kappa shape index (κ2) is 9.46. The van der Waals surface area contributed by atoms with Gasteiger partial charge in [0.25, 0.3) is 0 Å². The highest BCUT2D eigenvalue weighted by Crippen LogP contribution is 2.14. The molecule has 4 nitrogen and oxygen atoms in total. The topological polar surface area (TPSA) is 47.6 Å². The minimum Gasteiger partial charge on any atom is -0.494 e.